The van der Waals surface area contributed by atoms with Gasteiger partial charge in [0, 0.05) is 49.5 Å². The minimum absolute atomic E-state index is 0.0254. The topological polar surface area (TPSA) is 109 Å². The molecule has 2 aliphatic rings. The van der Waals surface area contributed by atoms with E-state index in [4.69, 9.17) is 9.47 Å². The Morgan fingerprint density at radius 2 is 1.69 bits per heavy atom. The van der Waals surface area contributed by atoms with Crippen LogP contribution in [-0.2, 0) is 27.2 Å². The normalized spacial score (nSPS) is 17.7. The number of carbonyl (C=O) groups excluding carboxylic acids is 2. The molecule has 2 aliphatic heterocycles. The van der Waals surface area contributed by atoms with Crippen LogP contribution >= 0.6 is 0 Å². The van der Waals surface area contributed by atoms with Crippen LogP contribution in [0.4, 0.5) is 33.5 Å². The molecule has 14 heteroatoms. The molecule has 254 valence electrons. The van der Waals surface area contributed by atoms with Crippen molar-refractivity contribution in [1.29, 1.82) is 0 Å². The summed E-state index contributed by atoms with van der Waals surface area (Å²) in [6.45, 7) is 1.77. The summed E-state index contributed by atoms with van der Waals surface area (Å²) in [5.74, 6) is -3.73. The molecule has 3 N–H and O–H groups in total. The van der Waals surface area contributed by atoms with Gasteiger partial charge in [0.1, 0.15) is 11.6 Å². The predicted molar refractivity (Wildman–Crippen MR) is 167 cm³/mol. The van der Waals surface area contributed by atoms with Gasteiger partial charge in [0.15, 0.2) is 12.0 Å². The summed E-state index contributed by atoms with van der Waals surface area (Å²) in [7, 11) is 0. The van der Waals surface area contributed by atoms with E-state index < -0.39 is 35.9 Å². The van der Waals surface area contributed by atoms with E-state index in [1.807, 2.05) is 0 Å². The first-order valence-electron chi connectivity index (χ1n) is 15.7. The van der Waals surface area contributed by atoms with Gasteiger partial charge in [-0.15, -0.1) is 0 Å². The zero-order valence-corrected chi connectivity index (χ0v) is 25.8. The van der Waals surface area contributed by atoms with E-state index >= 15 is 0 Å². The average Bonchev–Trinajstić information content (AvgIpc) is 3.43. The summed E-state index contributed by atoms with van der Waals surface area (Å²) in [5, 5.41) is 14.1. The molecule has 0 saturated carbocycles. The Balaban J connectivity index is 1.23. The van der Waals surface area contributed by atoms with Crippen LogP contribution in [0.2, 0.25) is 0 Å². The van der Waals surface area contributed by atoms with E-state index in [0.717, 1.165) is 36.5 Å². The van der Waals surface area contributed by atoms with Crippen LogP contribution in [0, 0.1) is 11.6 Å². The van der Waals surface area contributed by atoms with Crippen molar-refractivity contribution in [2.24, 2.45) is 0 Å². The molecule has 2 fully saturated rings. The van der Waals surface area contributed by atoms with Crippen molar-refractivity contribution in [3.63, 3.8) is 0 Å². The number of likely N-dealkylation sites (tertiary alicyclic amines) is 1. The molecule has 3 aromatic carbocycles. The van der Waals surface area contributed by atoms with Crippen LogP contribution in [0.15, 0.2) is 54.6 Å². The van der Waals surface area contributed by atoms with E-state index in [0.29, 0.717) is 53.9 Å². The first kappa shape index (κ1) is 33.3. The van der Waals surface area contributed by atoms with Crippen LogP contribution in [0.5, 0.6) is 0 Å². The number of hydrogen-bond donors (Lipinski definition) is 3. The van der Waals surface area contributed by atoms with Crippen LogP contribution in [0.25, 0.3) is 10.9 Å². The summed E-state index contributed by atoms with van der Waals surface area (Å²) >= 11 is 0. The van der Waals surface area contributed by atoms with Gasteiger partial charge in [0.05, 0.1) is 11.1 Å². The van der Waals surface area contributed by atoms with E-state index in [2.05, 4.69) is 20.8 Å². The van der Waals surface area contributed by atoms with Gasteiger partial charge in [-0.05, 0) is 91.6 Å². The number of piperidine rings is 1. The third-order valence-electron chi connectivity index (χ3n) is 8.51. The number of rotatable bonds is 9. The Labute approximate surface area is 272 Å². The molecule has 6 rings (SSSR count). The third-order valence-corrected chi connectivity index (χ3v) is 8.51. The summed E-state index contributed by atoms with van der Waals surface area (Å²) < 4.78 is 76.6. The second-order valence-corrected chi connectivity index (χ2v) is 12.1. The number of halogens is 5. The van der Waals surface area contributed by atoms with Crippen LogP contribution in [0.1, 0.15) is 59.2 Å². The highest BCUT2D eigenvalue weighted by Crippen LogP contribution is 2.29. The Kier molecular flexibility index (Phi) is 9.92. The number of nitrogens with zero attached hydrogens (tertiary/aromatic N) is 2. The number of alkyl halides is 3. The maximum absolute atomic E-state index is 13.8. The van der Waals surface area contributed by atoms with Crippen LogP contribution < -0.4 is 10.6 Å². The molecule has 1 amide bonds. The number of H-pyrrole nitrogens is 1. The number of hydrogen-bond acceptors (Lipinski definition) is 7. The summed E-state index contributed by atoms with van der Waals surface area (Å²) in [6, 6.07) is 13.9. The molecule has 1 atom stereocenters. The Hall–Kier alpha value is -4.56. The highest BCUT2D eigenvalue weighted by Gasteiger charge is 2.43. The predicted octanol–water partition coefficient (Wildman–Crippen LogP) is 6.69. The van der Waals surface area contributed by atoms with E-state index in [-0.39, 0.29) is 31.2 Å². The van der Waals surface area contributed by atoms with E-state index in [9.17, 15) is 31.5 Å². The second kappa shape index (κ2) is 14.3. The molecule has 3 heterocycles. The van der Waals surface area contributed by atoms with Crippen LogP contribution in [0.3, 0.4) is 0 Å². The van der Waals surface area contributed by atoms with Gasteiger partial charge in [0.2, 0.25) is 0 Å². The molecular formula is C34H34F5N5O4. The molecule has 2 saturated heterocycles. The summed E-state index contributed by atoms with van der Waals surface area (Å²) in [5.41, 5.74) is 3.45. The highest BCUT2D eigenvalue weighted by molar-refractivity contribution is 6.10. The summed E-state index contributed by atoms with van der Waals surface area (Å²) in [4.78, 5) is 27.0. The average molecular weight is 672 g/mol. The first-order chi connectivity index (χ1) is 23.0. The molecule has 9 nitrogen and oxygen atoms in total. The monoisotopic (exact) mass is 671 g/mol. The Morgan fingerprint density at radius 3 is 2.44 bits per heavy atom. The molecular weight excluding hydrogens is 637 g/mol. The van der Waals surface area contributed by atoms with Crippen LogP contribution in [-0.4, -0.2) is 65.2 Å². The van der Waals surface area contributed by atoms with E-state index in [1.165, 1.54) is 12.1 Å². The lowest BCUT2D eigenvalue weighted by Gasteiger charge is -2.35. The van der Waals surface area contributed by atoms with Gasteiger partial charge in [-0.3, -0.25) is 14.8 Å². The number of carbonyl (C=O) groups is 2. The molecule has 0 radical (unpaired) electrons. The molecule has 0 bridgehead atoms. The first-order valence-corrected chi connectivity index (χ1v) is 15.7. The zero-order chi connectivity index (χ0) is 33.8. The number of aromatic nitrogens is 2. The lowest BCUT2D eigenvalue weighted by atomic mass is 10.0. The quantitative estimate of drug-likeness (QED) is 0.134. The number of nitrogens with one attached hydrogen (secondary N) is 3. The number of amides is 1. The van der Waals surface area contributed by atoms with Crippen molar-refractivity contribution in [2.45, 2.75) is 63.5 Å². The van der Waals surface area contributed by atoms with Gasteiger partial charge < -0.3 is 20.1 Å². The van der Waals surface area contributed by atoms with Gasteiger partial charge in [-0.25, -0.2) is 13.6 Å². The van der Waals surface area contributed by atoms with Crippen molar-refractivity contribution < 1.29 is 41.0 Å². The van der Waals surface area contributed by atoms with E-state index in [1.54, 1.807) is 41.3 Å². The Morgan fingerprint density at radius 1 is 0.938 bits per heavy atom. The lowest BCUT2D eigenvalue weighted by molar-refractivity contribution is -0.215. The lowest BCUT2D eigenvalue weighted by Crippen LogP contribution is -2.44. The fourth-order valence-electron chi connectivity index (χ4n) is 6.16. The van der Waals surface area contributed by atoms with Crippen molar-refractivity contribution in [3.8, 4) is 0 Å². The largest absolute Gasteiger partial charge is 0.490 e. The minimum Gasteiger partial charge on any atom is -0.440 e. The zero-order valence-electron chi connectivity index (χ0n) is 25.8. The second-order valence-electron chi connectivity index (χ2n) is 12.1. The minimum atomic E-state index is -5.08. The fourth-order valence-corrected chi connectivity index (χ4v) is 6.16. The Bertz CT molecular complexity index is 1770. The molecule has 0 spiro atoms. The van der Waals surface area contributed by atoms with Crippen molar-refractivity contribution in [2.75, 3.05) is 30.4 Å². The number of esters is 1. The smallest absolute Gasteiger partial charge is 0.440 e. The molecule has 0 aliphatic carbocycles. The van der Waals surface area contributed by atoms with Gasteiger partial charge in [-0.2, -0.15) is 18.3 Å². The third kappa shape index (κ3) is 8.11. The van der Waals surface area contributed by atoms with Gasteiger partial charge >= 0.3 is 12.1 Å². The number of ether oxygens (including phenoxy) is 2. The molecule has 48 heavy (non-hydrogen) atoms. The summed E-state index contributed by atoms with van der Waals surface area (Å²) in [6.07, 6.45) is -2.74. The maximum atomic E-state index is 13.8. The SMILES string of the molecule is O=C(Nc1n[nH]c2ccc(Cc3cc(F)cc(F)c3)cc12)c1ccc(CN2CCCCC2OC(=O)C(F)(F)F)cc1NC1CCOCC1. The van der Waals surface area contributed by atoms with Crippen molar-refractivity contribution >= 4 is 34.3 Å². The van der Waals surface area contributed by atoms with Crippen molar-refractivity contribution in [1.82, 2.24) is 15.1 Å². The molecule has 4 aromatic rings. The number of aromatic amines is 1. The van der Waals surface area contributed by atoms with Gasteiger partial charge in [-0.1, -0.05) is 12.1 Å². The maximum Gasteiger partial charge on any atom is 0.490 e. The highest BCUT2D eigenvalue weighted by atomic mass is 19.4. The number of benzene rings is 3. The fraction of sp³-hybridized carbons (Fsp3) is 0.382. The number of fused-ring (bicyclic) bond motifs is 1. The van der Waals surface area contributed by atoms with Gasteiger partial charge in [0.25, 0.3) is 5.91 Å². The molecule has 1 unspecified atom stereocenters. The number of anilines is 2. The van der Waals surface area contributed by atoms with Crippen molar-refractivity contribution in [3.05, 3.63) is 88.5 Å². The molecule has 1 aromatic heterocycles. The standard InChI is InChI=1S/C34H34F5N5O4/c35-23-14-22(15-24(36)18-23)13-20-5-7-28-27(16-20)31(43-42-28)41-32(45)26-6-4-21(17-29(26)40-25-8-11-47-12-9-25)19-44-10-2-1-3-30(44)48-33(46)34(37,38)39/h4-7,14-18,25,30,40H,1-3,8-13,19H2,(H2,41,42,43,45).